The van der Waals surface area contributed by atoms with E-state index in [4.69, 9.17) is 9.47 Å². The predicted octanol–water partition coefficient (Wildman–Crippen LogP) is 3.59. The molecular formula is C28H38F2N4O6. The zero-order valence-electron chi connectivity index (χ0n) is 23.8. The Balaban J connectivity index is 1.91. The van der Waals surface area contributed by atoms with Crippen molar-refractivity contribution in [3.05, 3.63) is 35.8 Å². The lowest BCUT2D eigenvalue weighted by atomic mass is 10.0. The van der Waals surface area contributed by atoms with E-state index in [-0.39, 0.29) is 24.2 Å². The number of fused-ring (bicyclic) bond motifs is 1. The number of amides is 2. The third-order valence-electron chi connectivity index (χ3n) is 6.06. The molecule has 40 heavy (non-hydrogen) atoms. The first-order valence-corrected chi connectivity index (χ1v) is 13.2. The molecule has 2 N–H and O–H groups in total. The zero-order chi connectivity index (χ0) is 29.8. The number of anilines is 1. The summed E-state index contributed by atoms with van der Waals surface area (Å²) >= 11 is 0. The number of para-hydroxylation sites is 1. The Morgan fingerprint density at radius 3 is 2.25 bits per heavy atom. The Kier molecular flexibility index (Phi) is 9.55. The molecule has 1 aromatic heterocycles. The number of ether oxygens (including phenoxy) is 2. The highest BCUT2D eigenvalue weighted by Crippen LogP contribution is 2.32. The highest BCUT2D eigenvalue weighted by atomic mass is 19.1. The van der Waals surface area contributed by atoms with Gasteiger partial charge >= 0.3 is 12.1 Å². The van der Waals surface area contributed by atoms with Gasteiger partial charge in [-0.15, -0.1) is 0 Å². The van der Waals surface area contributed by atoms with Crippen LogP contribution < -0.4 is 10.2 Å². The van der Waals surface area contributed by atoms with E-state index in [0.29, 0.717) is 24.2 Å². The van der Waals surface area contributed by atoms with Crippen molar-refractivity contribution in [1.82, 2.24) is 15.2 Å². The van der Waals surface area contributed by atoms with Gasteiger partial charge in [0.15, 0.2) is 0 Å². The molecule has 1 saturated heterocycles. The molecule has 2 heterocycles. The summed E-state index contributed by atoms with van der Waals surface area (Å²) in [6.45, 7) is 10.3. The molecule has 0 saturated carbocycles. The number of halogens is 2. The van der Waals surface area contributed by atoms with E-state index in [9.17, 15) is 28.3 Å². The second-order valence-electron chi connectivity index (χ2n) is 11.7. The first-order valence-electron chi connectivity index (χ1n) is 13.2. The number of esters is 1. The van der Waals surface area contributed by atoms with E-state index in [1.807, 2.05) is 4.90 Å². The van der Waals surface area contributed by atoms with Crippen LogP contribution in [0, 0.1) is 5.82 Å². The van der Waals surface area contributed by atoms with Gasteiger partial charge in [0.25, 0.3) is 5.91 Å². The number of nitrogens with zero attached hydrogens (tertiary/aromatic N) is 3. The van der Waals surface area contributed by atoms with Crippen LogP contribution in [0.1, 0.15) is 58.3 Å². The highest BCUT2D eigenvalue weighted by Gasteiger charge is 2.32. The number of aliphatic hydroxyl groups is 1. The van der Waals surface area contributed by atoms with E-state index in [1.54, 1.807) is 52.5 Å². The van der Waals surface area contributed by atoms with Gasteiger partial charge in [0.1, 0.15) is 35.3 Å². The lowest BCUT2D eigenvalue weighted by Gasteiger charge is -2.38. The van der Waals surface area contributed by atoms with Crippen LogP contribution in [0.25, 0.3) is 10.9 Å². The maximum Gasteiger partial charge on any atom is 0.410 e. The number of hydrogen-bond acceptors (Lipinski definition) is 8. The van der Waals surface area contributed by atoms with Crippen LogP contribution in [0.2, 0.25) is 0 Å². The molecule has 0 aliphatic carbocycles. The molecule has 10 nitrogen and oxygen atoms in total. The number of alkyl halides is 1. The van der Waals surface area contributed by atoms with Crippen molar-refractivity contribution in [1.29, 1.82) is 0 Å². The molecule has 12 heteroatoms. The molecule has 220 valence electrons. The van der Waals surface area contributed by atoms with Crippen LogP contribution in [0.3, 0.4) is 0 Å². The van der Waals surface area contributed by atoms with Crippen molar-refractivity contribution in [2.24, 2.45) is 0 Å². The molecule has 1 aromatic carbocycles. The summed E-state index contributed by atoms with van der Waals surface area (Å²) in [4.78, 5) is 46.0. The number of carbonyl (C=O) groups excluding carboxylic acids is 3. The van der Waals surface area contributed by atoms with E-state index in [1.165, 1.54) is 18.3 Å². The summed E-state index contributed by atoms with van der Waals surface area (Å²) < 4.78 is 38.8. The molecule has 2 aromatic rings. The smallest absolute Gasteiger partial charge is 0.410 e. The van der Waals surface area contributed by atoms with Crippen molar-refractivity contribution in [3.8, 4) is 0 Å². The van der Waals surface area contributed by atoms with Crippen molar-refractivity contribution in [3.63, 3.8) is 0 Å². The fourth-order valence-electron chi connectivity index (χ4n) is 4.32. The molecule has 2 atom stereocenters. The van der Waals surface area contributed by atoms with Crippen molar-refractivity contribution in [2.45, 2.75) is 71.3 Å². The first-order chi connectivity index (χ1) is 18.6. The standard InChI is InChI=1S/C28H38F2N4O6/c1-27(2,3)39-22(36)14-20(21(35)15-29)32-25(37)18-16-31-23-17(8-7-9-19(23)30)24(18)33-10-12-34(13-11-33)26(38)40-28(4,5)6/h7-9,16,20-21,35H,10-15H2,1-6H3,(H,32,37). The van der Waals surface area contributed by atoms with Crippen LogP contribution in [-0.2, 0) is 14.3 Å². The quantitative estimate of drug-likeness (QED) is 0.490. The first kappa shape index (κ1) is 31.0. The Labute approximate surface area is 232 Å². The van der Waals surface area contributed by atoms with Gasteiger partial charge in [-0.1, -0.05) is 12.1 Å². The average molecular weight is 565 g/mol. The topological polar surface area (TPSA) is 121 Å². The van der Waals surface area contributed by atoms with Gasteiger partial charge in [0.2, 0.25) is 0 Å². The number of benzene rings is 1. The normalized spacial score (nSPS) is 15.9. The third kappa shape index (κ3) is 8.00. The molecule has 0 bridgehead atoms. The minimum absolute atomic E-state index is 0.0454. The Bertz CT molecular complexity index is 1240. The van der Waals surface area contributed by atoms with E-state index in [2.05, 4.69) is 10.3 Å². The van der Waals surface area contributed by atoms with Gasteiger partial charge in [-0.3, -0.25) is 14.6 Å². The van der Waals surface area contributed by atoms with Crippen LogP contribution in [0.15, 0.2) is 24.4 Å². The van der Waals surface area contributed by atoms with E-state index < -0.39 is 60.2 Å². The fourth-order valence-corrected chi connectivity index (χ4v) is 4.32. The lowest BCUT2D eigenvalue weighted by Crippen LogP contribution is -2.51. The largest absolute Gasteiger partial charge is 0.460 e. The van der Waals surface area contributed by atoms with Crippen molar-refractivity contribution >= 4 is 34.6 Å². The minimum Gasteiger partial charge on any atom is -0.460 e. The van der Waals surface area contributed by atoms with Gasteiger partial charge < -0.3 is 29.7 Å². The van der Waals surface area contributed by atoms with Crippen LogP contribution in [0.5, 0.6) is 0 Å². The maximum absolute atomic E-state index is 14.7. The summed E-state index contributed by atoms with van der Waals surface area (Å²) in [5.41, 5.74) is -0.996. The number of aromatic nitrogens is 1. The molecule has 1 fully saturated rings. The van der Waals surface area contributed by atoms with E-state index >= 15 is 0 Å². The lowest BCUT2D eigenvalue weighted by molar-refractivity contribution is -0.156. The van der Waals surface area contributed by atoms with Gasteiger partial charge in [0, 0.05) is 37.8 Å². The average Bonchev–Trinajstić information content (AvgIpc) is 2.85. The maximum atomic E-state index is 14.7. The molecule has 2 amide bonds. The summed E-state index contributed by atoms with van der Waals surface area (Å²) in [7, 11) is 0. The highest BCUT2D eigenvalue weighted by molar-refractivity contribution is 6.07. The van der Waals surface area contributed by atoms with Crippen LogP contribution in [-0.4, -0.2) is 89.2 Å². The predicted molar refractivity (Wildman–Crippen MR) is 145 cm³/mol. The number of piperazine rings is 1. The zero-order valence-corrected chi connectivity index (χ0v) is 23.8. The second-order valence-corrected chi connectivity index (χ2v) is 11.7. The Hall–Kier alpha value is -3.54. The molecule has 3 rings (SSSR count). The monoisotopic (exact) mass is 564 g/mol. The number of aliphatic hydroxyl groups excluding tert-OH is 1. The molecule has 0 radical (unpaired) electrons. The van der Waals surface area contributed by atoms with Crippen molar-refractivity contribution < 1.29 is 37.7 Å². The summed E-state index contributed by atoms with van der Waals surface area (Å²) in [5.74, 6) is -2.03. The summed E-state index contributed by atoms with van der Waals surface area (Å²) in [6, 6.07) is 3.10. The fraction of sp³-hybridized carbons (Fsp3) is 0.571. The van der Waals surface area contributed by atoms with E-state index in [0.717, 1.165) is 0 Å². The third-order valence-corrected chi connectivity index (χ3v) is 6.06. The number of nitrogens with one attached hydrogen (secondary N) is 1. The van der Waals surface area contributed by atoms with Gasteiger partial charge in [-0.05, 0) is 47.6 Å². The second kappa shape index (κ2) is 12.3. The minimum atomic E-state index is -1.66. The molecular weight excluding hydrogens is 526 g/mol. The molecule has 1 aliphatic rings. The number of rotatable bonds is 7. The van der Waals surface area contributed by atoms with Gasteiger partial charge in [0.05, 0.1) is 23.7 Å². The molecule has 0 spiro atoms. The SMILES string of the molecule is CC(C)(C)OC(=O)CC(NC(=O)c1cnc2c(F)cccc2c1N1CCN(C(=O)OC(C)(C)C)CC1)C(O)CF. The summed E-state index contributed by atoms with van der Waals surface area (Å²) in [6.07, 6.45) is -1.37. The van der Waals surface area contributed by atoms with Gasteiger partial charge in [-0.25, -0.2) is 13.6 Å². The number of pyridine rings is 1. The van der Waals surface area contributed by atoms with Gasteiger partial charge in [-0.2, -0.15) is 0 Å². The summed E-state index contributed by atoms with van der Waals surface area (Å²) in [5, 5.41) is 13.1. The van der Waals surface area contributed by atoms with Crippen LogP contribution in [0.4, 0.5) is 19.3 Å². The number of carbonyl (C=O) groups is 3. The number of hydrogen-bond donors (Lipinski definition) is 2. The molecule has 1 aliphatic heterocycles. The Morgan fingerprint density at radius 2 is 1.68 bits per heavy atom. The van der Waals surface area contributed by atoms with Crippen LogP contribution >= 0.6 is 0 Å². The molecule has 2 unspecified atom stereocenters. The Morgan fingerprint density at radius 1 is 1.05 bits per heavy atom. The van der Waals surface area contributed by atoms with Crippen molar-refractivity contribution in [2.75, 3.05) is 37.8 Å².